The Kier molecular flexibility index (Phi) is 4.39. The van der Waals surface area contributed by atoms with Crippen LogP contribution in [-0.4, -0.2) is 11.8 Å². The molecule has 20 heavy (non-hydrogen) atoms. The highest BCUT2D eigenvalue weighted by molar-refractivity contribution is 7.10. The molecule has 2 aromatic rings. The van der Waals surface area contributed by atoms with Gasteiger partial charge in [0, 0.05) is 10.6 Å². The van der Waals surface area contributed by atoms with Gasteiger partial charge in [0.15, 0.2) is 0 Å². The summed E-state index contributed by atoms with van der Waals surface area (Å²) in [4.78, 5) is 23.9. The van der Waals surface area contributed by atoms with Crippen molar-refractivity contribution in [2.45, 2.75) is 6.04 Å². The van der Waals surface area contributed by atoms with Crippen LogP contribution in [0.1, 0.15) is 21.3 Å². The van der Waals surface area contributed by atoms with Gasteiger partial charge in [-0.3, -0.25) is 9.59 Å². The van der Waals surface area contributed by atoms with Crippen LogP contribution < -0.4 is 16.8 Å². The molecule has 1 aromatic heterocycles. The van der Waals surface area contributed by atoms with Crippen molar-refractivity contribution < 1.29 is 9.59 Å². The second kappa shape index (κ2) is 6.04. The van der Waals surface area contributed by atoms with Crippen molar-refractivity contribution in [1.82, 2.24) is 0 Å². The molecule has 0 radical (unpaired) electrons. The first-order valence-electron chi connectivity index (χ1n) is 5.68. The molecule has 5 N–H and O–H groups in total. The zero-order chi connectivity index (χ0) is 14.7. The molecule has 0 fully saturated rings. The van der Waals surface area contributed by atoms with Crippen LogP contribution in [0.15, 0.2) is 35.7 Å². The fourth-order valence-electron chi connectivity index (χ4n) is 1.61. The monoisotopic (exact) mass is 309 g/mol. The average Bonchev–Trinajstić information content (AvgIpc) is 2.93. The molecular formula is C13H12ClN3O2S. The van der Waals surface area contributed by atoms with E-state index in [2.05, 4.69) is 5.32 Å². The summed E-state index contributed by atoms with van der Waals surface area (Å²) >= 11 is 7.23. The molecule has 0 saturated carbocycles. The summed E-state index contributed by atoms with van der Waals surface area (Å²) in [6.07, 6.45) is 0. The fraction of sp³-hybridized carbons (Fsp3) is 0.0769. The number of carbonyl (C=O) groups is 2. The van der Waals surface area contributed by atoms with Gasteiger partial charge in [0.2, 0.25) is 11.8 Å². The smallest absolute Gasteiger partial charge is 0.250 e. The molecule has 2 amide bonds. The topological polar surface area (TPSA) is 98.2 Å². The Balaban J connectivity index is 2.16. The van der Waals surface area contributed by atoms with E-state index in [9.17, 15) is 9.59 Å². The summed E-state index contributed by atoms with van der Waals surface area (Å²) in [5, 5.41) is 4.71. The summed E-state index contributed by atoms with van der Waals surface area (Å²) < 4.78 is 0. The minimum Gasteiger partial charge on any atom is -0.366 e. The highest BCUT2D eigenvalue weighted by Crippen LogP contribution is 2.22. The first-order chi connectivity index (χ1) is 9.49. The van der Waals surface area contributed by atoms with Crippen molar-refractivity contribution in [3.05, 3.63) is 51.2 Å². The van der Waals surface area contributed by atoms with Crippen LogP contribution in [0, 0.1) is 0 Å². The largest absolute Gasteiger partial charge is 0.366 e. The standard InChI is InChI=1S/C13H12ClN3O2S/c14-9-4-3-7(6-8(9)12(16)18)17-13(19)11(15)10-2-1-5-20-10/h1-6,11H,15H2,(H2,16,18)(H,17,19). The average molecular weight is 310 g/mol. The number of thiophene rings is 1. The number of carbonyl (C=O) groups excluding carboxylic acids is 2. The number of nitrogens with one attached hydrogen (secondary N) is 1. The van der Waals surface area contributed by atoms with E-state index in [1.54, 1.807) is 12.1 Å². The Morgan fingerprint density at radius 3 is 2.65 bits per heavy atom. The van der Waals surface area contributed by atoms with Gasteiger partial charge < -0.3 is 16.8 Å². The van der Waals surface area contributed by atoms with Gasteiger partial charge in [0.05, 0.1) is 10.6 Å². The van der Waals surface area contributed by atoms with Crippen LogP contribution in [0.4, 0.5) is 5.69 Å². The van der Waals surface area contributed by atoms with E-state index in [1.165, 1.54) is 23.5 Å². The van der Waals surface area contributed by atoms with Gasteiger partial charge in [0.25, 0.3) is 0 Å². The van der Waals surface area contributed by atoms with E-state index in [0.29, 0.717) is 5.69 Å². The van der Waals surface area contributed by atoms with Crippen LogP contribution in [0.25, 0.3) is 0 Å². The lowest BCUT2D eigenvalue weighted by molar-refractivity contribution is -0.117. The molecule has 1 aromatic carbocycles. The van der Waals surface area contributed by atoms with Crippen molar-refractivity contribution in [2.75, 3.05) is 5.32 Å². The van der Waals surface area contributed by atoms with Crippen LogP contribution in [-0.2, 0) is 4.79 Å². The number of hydrogen-bond donors (Lipinski definition) is 3. The molecule has 1 unspecified atom stereocenters. The van der Waals surface area contributed by atoms with E-state index in [4.69, 9.17) is 23.1 Å². The molecular weight excluding hydrogens is 298 g/mol. The number of amides is 2. The van der Waals surface area contributed by atoms with Crippen molar-refractivity contribution >= 4 is 40.4 Å². The number of rotatable bonds is 4. The Morgan fingerprint density at radius 2 is 2.05 bits per heavy atom. The van der Waals surface area contributed by atoms with Crippen molar-refractivity contribution in [2.24, 2.45) is 11.5 Å². The summed E-state index contributed by atoms with van der Waals surface area (Å²) in [6, 6.07) is 7.33. The van der Waals surface area contributed by atoms with Crippen molar-refractivity contribution in [3.8, 4) is 0 Å². The minimum atomic E-state index is -0.761. The maximum Gasteiger partial charge on any atom is 0.250 e. The van der Waals surface area contributed by atoms with E-state index in [0.717, 1.165) is 4.88 Å². The molecule has 0 aliphatic carbocycles. The SMILES string of the molecule is NC(=O)c1cc(NC(=O)C(N)c2cccs2)ccc1Cl. The number of anilines is 1. The van der Waals surface area contributed by atoms with Gasteiger partial charge in [-0.05, 0) is 29.6 Å². The van der Waals surface area contributed by atoms with Crippen molar-refractivity contribution in [1.29, 1.82) is 0 Å². The second-order valence-corrected chi connectivity index (χ2v) is 5.43. The Labute approximate surface area is 124 Å². The van der Waals surface area contributed by atoms with Crippen LogP contribution in [0.2, 0.25) is 5.02 Å². The fourth-order valence-corrected chi connectivity index (χ4v) is 2.55. The molecule has 1 heterocycles. The lowest BCUT2D eigenvalue weighted by Gasteiger charge is -2.11. The maximum absolute atomic E-state index is 12.0. The molecule has 0 aliphatic heterocycles. The molecule has 2 rings (SSSR count). The molecule has 7 heteroatoms. The van der Waals surface area contributed by atoms with E-state index < -0.39 is 11.9 Å². The lowest BCUT2D eigenvalue weighted by atomic mass is 10.1. The maximum atomic E-state index is 12.0. The van der Waals surface area contributed by atoms with Gasteiger partial charge in [-0.15, -0.1) is 11.3 Å². The van der Waals surface area contributed by atoms with Crippen LogP contribution >= 0.6 is 22.9 Å². The van der Waals surface area contributed by atoms with Gasteiger partial charge >= 0.3 is 0 Å². The molecule has 5 nitrogen and oxygen atoms in total. The molecule has 0 spiro atoms. The number of primary amides is 1. The summed E-state index contributed by atoms with van der Waals surface area (Å²) in [6.45, 7) is 0. The molecule has 0 bridgehead atoms. The van der Waals surface area contributed by atoms with E-state index >= 15 is 0 Å². The Hall–Kier alpha value is -1.89. The zero-order valence-electron chi connectivity index (χ0n) is 10.3. The third-order valence-corrected chi connectivity index (χ3v) is 3.92. The molecule has 104 valence electrons. The van der Waals surface area contributed by atoms with Gasteiger partial charge in [-0.2, -0.15) is 0 Å². The van der Waals surface area contributed by atoms with Crippen molar-refractivity contribution in [3.63, 3.8) is 0 Å². The third-order valence-electron chi connectivity index (χ3n) is 2.63. The molecule has 0 saturated heterocycles. The minimum absolute atomic E-state index is 0.147. The van der Waals surface area contributed by atoms with Gasteiger partial charge in [-0.1, -0.05) is 17.7 Å². The predicted octanol–water partition coefficient (Wildman–Crippen LogP) is 2.14. The van der Waals surface area contributed by atoms with E-state index in [1.807, 2.05) is 11.4 Å². The Bertz CT molecular complexity index is 643. The van der Waals surface area contributed by atoms with Crippen LogP contribution in [0.5, 0.6) is 0 Å². The number of halogens is 1. The zero-order valence-corrected chi connectivity index (χ0v) is 11.9. The molecule has 1 atom stereocenters. The van der Waals surface area contributed by atoms with Crippen LogP contribution in [0.3, 0.4) is 0 Å². The highest BCUT2D eigenvalue weighted by atomic mass is 35.5. The number of benzene rings is 1. The predicted molar refractivity (Wildman–Crippen MR) is 79.8 cm³/mol. The first-order valence-corrected chi connectivity index (χ1v) is 6.94. The van der Waals surface area contributed by atoms with E-state index in [-0.39, 0.29) is 16.5 Å². The summed E-state index contributed by atoms with van der Waals surface area (Å²) in [5.41, 5.74) is 11.6. The summed E-state index contributed by atoms with van der Waals surface area (Å²) in [5.74, 6) is -1.03. The molecule has 0 aliphatic rings. The lowest BCUT2D eigenvalue weighted by Crippen LogP contribution is -2.27. The normalized spacial score (nSPS) is 11.9. The Morgan fingerprint density at radius 1 is 1.30 bits per heavy atom. The number of hydrogen-bond acceptors (Lipinski definition) is 4. The quantitative estimate of drug-likeness (QED) is 0.807. The second-order valence-electron chi connectivity index (χ2n) is 4.04. The number of nitrogens with two attached hydrogens (primary N) is 2. The summed E-state index contributed by atoms with van der Waals surface area (Å²) in [7, 11) is 0. The van der Waals surface area contributed by atoms with Gasteiger partial charge in [-0.25, -0.2) is 0 Å². The first kappa shape index (κ1) is 14.5. The third kappa shape index (κ3) is 3.16. The van der Waals surface area contributed by atoms with Gasteiger partial charge in [0.1, 0.15) is 6.04 Å². The highest BCUT2D eigenvalue weighted by Gasteiger charge is 2.17.